The molecule has 1 fully saturated rings. The summed E-state index contributed by atoms with van der Waals surface area (Å²) in [4.78, 5) is 1.89. The van der Waals surface area contributed by atoms with Gasteiger partial charge in [0.05, 0.1) is 18.8 Å². The van der Waals surface area contributed by atoms with Crippen molar-refractivity contribution in [1.29, 1.82) is 5.26 Å². The molecule has 0 amide bonds. The first kappa shape index (κ1) is 10.4. The molecule has 74 valence electrons. The standard InChI is InChI=1S/C8H15N3O2/c9-3-7-4-10-1-2-11(7)5-8(13)6-12/h7-8,10,12-13H,1-2,4-6H2. The Labute approximate surface area is 77.6 Å². The topological polar surface area (TPSA) is 79.5 Å². The summed E-state index contributed by atoms with van der Waals surface area (Å²) in [6.07, 6.45) is -0.742. The molecule has 0 saturated carbocycles. The number of aliphatic hydroxyl groups excluding tert-OH is 2. The number of nitrogens with one attached hydrogen (secondary N) is 1. The van der Waals surface area contributed by atoms with Crippen LogP contribution < -0.4 is 5.32 Å². The molecule has 0 aromatic rings. The minimum atomic E-state index is -0.742. The van der Waals surface area contributed by atoms with Gasteiger partial charge in [-0.05, 0) is 0 Å². The summed E-state index contributed by atoms with van der Waals surface area (Å²) in [7, 11) is 0. The molecule has 1 saturated heterocycles. The van der Waals surface area contributed by atoms with E-state index in [9.17, 15) is 5.11 Å². The summed E-state index contributed by atoms with van der Waals surface area (Å²) in [6, 6.07) is 1.97. The Kier molecular flexibility index (Phi) is 4.12. The minimum Gasteiger partial charge on any atom is -0.394 e. The predicted octanol–water partition coefficient (Wildman–Crippen LogP) is -1.86. The van der Waals surface area contributed by atoms with Crippen LogP contribution in [0.4, 0.5) is 0 Å². The lowest BCUT2D eigenvalue weighted by Gasteiger charge is -2.32. The van der Waals surface area contributed by atoms with Gasteiger partial charge in [0.1, 0.15) is 6.04 Å². The van der Waals surface area contributed by atoms with Crippen molar-refractivity contribution in [2.45, 2.75) is 12.1 Å². The zero-order valence-electron chi connectivity index (χ0n) is 7.48. The molecule has 0 bridgehead atoms. The van der Waals surface area contributed by atoms with E-state index in [1.54, 1.807) is 0 Å². The summed E-state index contributed by atoms with van der Waals surface area (Å²) < 4.78 is 0. The average molecular weight is 185 g/mol. The van der Waals surface area contributed by atoms with Crippen molar-refractivity contribution in [2.75, 3.05) is 32.8 Å². The highest BCUT2D eigenvalue weighted by Crippen LogP contribution is 2.02. The second-order valence-corrected chi connectivity index (χ2v) is 3.18. The van der Waals surface area contributed by atoms with E-state index in [2.05, 4.69) is 11.4 Å². The summed E-state index contributed by atoms with van der Waals surface area (Å²) in [5, 5.41) is 29.7. The molecule has 0 aromatic carbocycles. The number of aliphatic hydroxyl groups is 2. The molecular formula is C8H15N3O2. The van der Waals surface area contributed by atoms with Gasteiger partial charge in [-0.25, -0.2) is 0 Å². The Morgan fingerprint density at radius 1 is 1.69 bits per heavy atom. The fraction of sp³-hybridized carbons (Fsp3) is 0.875. The fourth-order valence-corrected chi connectivity index (χ4v) is 1.42. The van der Waals surface area contributed by atoms with E-state index in [4.69, 9.17) is 10.4 Å². The lowest BCUT2D eigenvalue weighted by Crippen LogP contribution is -2.53. The Balaban J connectivity index is 2.41. The Morgan fingerprint density at radius 3 is 3.08 bits per heavy atom. The second kappa shape index (κ2) is 5.14. The predicted molar refractivity (Wildman–Crippen MR) is 46.9 cm³/mol. The van der Waals surface area contributed by atoms with Crippen molar-refractivity contribution in [3.05, 3.63) is 0 Å². The van der Waals surface area contributed by atoms with Gasteiger partial charge in [-0.15, -0.1) is 0 Å². The molecule has 1 rings (SSSR count). The van der Waals surface area contributed by atoms with E-state index >= 15 is 0 Å². The normalized spacial score (nSPS) is 26.7. The lowest BCUT2D eigenvalue weighted by atomic mass is 10.2. The molecule has 2 atom stereocenters. The molecule has 3 N–H and O–H groups in total. The van der Waals surface area contributed by atoms with Crippen molar-refractivity contribution in [2.24, 2.45) is 0 Å². The maximum absolute atomic E-state index is 9.20. The summed E-state index contributed by atoms with van der Waals surface area (Å²) in [5.41, 5.74) is 0. The quantitative estimate of drug-likeness (QED) is 0.480. The maximum atomic E-state index is 9.20. The largest absolute Gasteiger partial charge is 0.394 e. The van der Waals surface area contributed by atoms with Crippen LogP contribution in [0.25, 0.3) is 0 Å². The molecule has 0 spiro atoms. The van der Waals surface area contributed by atoms with Crippen LogP contribution in [-0.2, 0) is 0 Å². The van der Waals surface area contributed by atoms with Crippen LogP contribution in [-0.4, -0.2) is 60.0 Å². The molecule has 0 radical (unpaired) electrons. The highest BCUT2D eigenvalue weighted by Gasteiger charge is 2.23. The summed E-state index contributed by atoms with van der Waals surface area (Å²) in [6.45, 7) is 2.33. The number of piperazine rings is 1. The zero-order chi connectivity index (χ0) is 9.68. The third-order valence-corrected chi connectivity index (χ3v) is 2.16. The van der Waals surface area contributed by atoms with Gasteiger partial charge in [0.25, 0.3) is 0 Å². The smallest absolute Gasteiger partial charge is 0.110 e. The molecule has 0 aliphatic carbocycles. The monoisotopic (exact) mass is 185 g/mol. The molecule has 5 heteroatoms. The van der Waals surface area contributed by atoms with Crippen LogP contribution in [0.15, 0.2) is 0 Å². The first-order chi connectivity index (χ1) is 6.27. The van der Waals surface area contributed by atoms with Gasteiger partial charge >= 0.3 is 0 Å². The Bertz CT molecular complexity index is 192. The maximum Gasteiger partial charge on any atom is 0.110 e. The zero-order valence-corrected chi connectivity index (χ0v) is 7.48. The number of rotatable bonds is 3. The van der Waals surface area contributed by atoms with Crippen molar-refractivity contribution < 1.29 is 10.2 Å². The van der Waals surface area contributed by atoms with Gasteiger partial charge < -0.3 is 15.5 Å². The van der Waals surface area contributed by atoms with Crippen LogP contribution in [0.3, 0.4) is 0 Å². The molecule has 13 heavy (non-hydrogen) atoms. The second-order valence-electron chi connectivity index (χ2n) is 3.18. The first-order valence-electron chi connectivity index (χ1n) is 4.41. The number of nitriles is 1. The molecule has 1 aliphatic heterocycles. The van der Waals surface area contributed by atoms with Crippen molar-refractivity contribution in [1.82, 2.24) is 10.2 Å². The number of β-amino-alcohol motifs (C(OH)–C–C–N with tert-alkyl or cyclic N) is 1. The Hall–Kier alpha value is -0.670. The summed E-state index contributed by atoms with van der Waals surface area (Å²) >= 11 is 0. The minimum absolute atomic E-state index is 0.185. The molecule has 0 aromatic heterocycles. The molecular weight excluding hydrogens is 170 g/mol. The van der Waals surface area contributed by atoms with E-state index in [0.29, 0.717) is 13.1 Å². The summed E-state index contributed by atoms with van der Waals surface area (Å²) in [5.74, 6) is 0. The van der Waals surface area contributed by atoms with Crippen LogP contribution >= 0.6 is 0 Å². The SMILES string of the molecule is N#CC1CNCCN1CC(O)CO. The lowest BCUT2D eigenvalue weighted by molar-refractivity contribution is 0.0464. The van der Waals surface area contributed by atoms with Crippen LogP contribution in [0.1, 0.15) is 0 Å². The molecule has 1 aliphatic rings. The molecule has 2 unspecified atom stereocenters. The van der Waals surface area contributed by atoms with Crippen molar-refractivity contribution >= 4 is 0 Å². The third kappa shape index (κ3) is 2.94. The Morgan fingerprint density at radius 2 is 2.46 bits per heavy atom. The first-order valence-corrected chi connectivity index (χ1v) is 4.41. The van der Waals surface area contributed by atoms with Crippen LogP contribution in [0, 0.1) is 11.3 Å². The van der Waals surface area contributed by atoms with Gasteiger partial charge in [0.15, 0.2) is 0 Å². The third-order valence-electron chi connectivity index (χ3n) is 2.16. The van der Waals surface area contributed by atoms with Crippen molar-refractivity contribution in [3.63, 3.8) is 0 Å². The van der Waals surface area contributed by atoms with E-state index in [1.807, 2.05) is 4.90 Å². The van der Waals surface area contributed by atoms with Crippen molar-refractivity contribution in [3.8, 4) is 6.07 Å². The highest BCUT2D eigenvalue weighted by molar-refractivity contribution is 4.96. The average Bonchev–Trinajstić information content (AvgIpc) is 2.18. The van der Waals surface area contributed by atoms with Crippen LogP contribution in [0.2, 0.25) is 0 Å². The van der Waals surface area contributed by atoms with Gasteiger partial charge in [-0.1, -0.05) is 0 Å². The van der Waals surface area contributed by atoms with Gasteiger partial charge in [-0.3, -0.25) is 4.90 Å². The van der Waals surface area contributed by atoms with E-state index in [0.717, 1.165) is 13.1 Å². The molecule has 5 nitrogen and oxygen atoms in total. The van der Waals surface area contributed by atoms with Gasteiger partial charge in [0.2, 0.25) is 0 Å². The fourth-order valence-electron chi connectivity index (χ4n) is 1.42. The van der Waals surface area contributed by atoms with E-state index < -0.39 is 6.10 Å². The molecule has 1 heterocycles. The van der Waals surface area contributed by atoms with E-state index in [1.165, 1.54) is 0 Å². The number of hydrogen-bond donors (Lipinski definition) is 3. The van der Waals surface area contributed by atoms with Gasteiger partial charge in [-0.2, -0.15) is 5.26 Å². The van der Waals surface area contributed by atoms with E-state index in [-0.39, 0.29) is 12.6 Å². The number of hydrogen-bond acceptors (Lipinski definition) is 5. The van der Waals surface area contributed by atoms with Crippen LogP contribution in [0.5, 0.6) is 0 Å². The van der Waals surface area contributed by atoms with Gasteiger partial charge in [0, 0.05) is 26.2 Å². The number of nitrogens with zero attached hydrogens (tertiary/aromatic N) is 2. The highest BCUT2D eigenvalue weighted by atomic mass is 16.3.